The third-order valence-corrected chi connectivity index (χ3v) is 4.23. The predicted molar refractivity (Wildman–Crippen MR) is 82.3 cm³/mol. The van der Waals surface area contributed by atoms with Crippen molar-refractivity contribution in [3.63, 3.8) is 0 Å². The largest absolute Gasteiger partial charge is 0.481 e. The summed E-state index contributed by atoms with van der Waals surface area (Å²) in [6.07, 6.45) is 6.56. The van der Waals surface area contributed by atoms with E-state index in [-0.39, 0.29) is 18.7 Å². The van der Waals surface area contributed by atoms with Crippen LogP contribution in [-0.4, -0.2) is 24.8 Å². The van der Waals surface area contributed by atoms with Gasteiger partial charge >= 0.3 is 0 Å². The number of carbonyl (C=O) groups is 1. The third kappa shape index (κ3) is 3.64. The van der Waals surface area contributed by atoms with Crippen LogP contribution >= 0.6 is 0 Å². The van der Waals surface area contributed by atoms with Crippen molar-refractivity contribution in [1.82, 2.24) is 5.32 Å². The van der Waals surface area contributed by atoms with Gasteiger partial charge in [0.05, 0.1) is 0 Å². The highest BCUT2D eigenvalue weighted by molar-refractivity contribution is 5.81. The van der Waals surface area contributed by atoms with Gasteiger partial charge in [-0.3, -0.25) is 4.79 Å². The minimum absolute atomic E-state index is 0.0513. The standard InChI is InChI=1S/C17H23NO4/c1-12(17(19)18-13-6-4-2-3-5-7-13)22-14-8-9-15-16(10-14)21-11-20-15/h8-10,12-13H,2-7,11H2,1H3,(H,18,19)/t12-/m1/s1. The molecule has 1 aliphatic carbocycles. The summed E-state index contributed by atoms with van der Waals surface area (Å²) in [5.74, 6) is 1.94. The lowest BCUT2D eigenvalue weighted by Crippen LogP contribution is -2.42. The second-order valence-electron chi connectivity index (χ2n) is 5.97. The second-order valence-corrected chi connectivity index (χ2v) is 5.97. The van der Waals surface area contributed by atoms with Crippen molar-refractivity contribution in [2.75, 3.05) is 6.79 Å². The van der Waals surface area contributed by atoms with Crippen molar-refractivity contribution in [3.8, 4) is 17.2 Å². The van der Waals surface area contributed by atoms with Crippen LogP contribution < -0.4 is 19.5 Å². The topological polar surface area (TPSA) is 56.8 Å². The average Bonchev–Trinajstić information content (AvgIpc) is 2.83. The maximum atomic E-state index is 12.3. The van der Waals surface area contributed by atoms with Gasteiger partial charge in [0.25, 0.3) is 5.91 Å². The lowest BCUT2D eigenvalue weighted by molar-refractivity contribution is -0.128. The fourth-order valence-corrected chi connectivity index (χ4v) is 2.95. The van der Waals surface area contributed by atoms with E-state index in [1.807, 2.05) is 0 Å². The van der Waals surface area contributed by atoms with Gasteiger partial charge in [-0.15, -0.1) is 0 Å². The summed E-state index contributed by atoms with van der Waals surface area (Å²) in [6.45, 7) is 2.01. The molecule has 5 nitrogen and oxygen atoms in total. The van der Waals surface area contributed by atoms with E-state index in [4.69, 9.17) is 14.2 Å². The number of rotatable bonds is 4. The molecule has 0 saturated heterocycles. The quantitative estimate of drug-likeness (QED) is 0.869. The van der Waals surface area contributed by atoms with Gasteiger partial charge in [0, 0.05) is 12.1 Å². The molecule has 2 aliphatic rings. The van der Waals surface area contributed by atoms with Gasteiger partial charge in [-0.05, 0) is 31.9 Å². The molecular weight excluding hydrogens is 282 g/mol. The molecule has 0 aromatic heterocycles. The van der Waals surface area contributed by atoms with Crippen LogP contribution in [0.4, 0.5) is 0 Å². The lowest BCUT2D eigenvalue weighted by atomic mass is 10.1. The van der Waals surface area contributed by atoms with Gasteiger partial charge < -0.3 is 19.5 Å². The van der Waals surface area contributed by atoms with Crippen LogP contribution in [0.3, 0.4) is 0 Å². The van der Waals surface area contributed by atoms with Crippen LogP contribution in [0, 0.1) is 0 Å². The zero-order valence-electron chi connectivity index (χ0n) is 13.0. The van der Waals surface area contributed by atoms with Crippen LogP contribution in [0.1, 0.15) is 45.4 Å². The molecule has 0 unspecified atom stereocenters. The highest BCUT2D eigenvalue weighted by Gasteiger charge is 2.21. The van der Waals surface area contributed by atoms with E-state index in [9.17, 15) is 4.79 Å². The molecule has 1 saturated carbocycles. The van der Waals surface area contributed by atoms with Crippen molar-refractivity contribution in [3.05, 3.63) is 18.2 Å². The highest BCUT2D eigenvalue weighted by Crippen LogP contribution is 2.35. The summed E-state index contributed by atoms with van der Waals surface area (Å²) in [5.41, 5.74) is 0. The summed E-state index contributed by atoms with van der Waals surface area (Å²) in [4.78, 5) is 12.3. The molecule has 22 heavy (non-hydrogen) atoms. The van der Waals surface area contributed by atoms with E-state index in [0.29, 0.717) is 17.2 Å². The zero-order valence-corrected chi connectivity index (χ0v) is 13.0. The Morgan fingerprint density at radius 2 is 1.91 bits per heavy atom. The summed E-state index contributed by atoms with van der Waals surface area (Å²) < 4.78 is 16.3. The van der Waals surface area contributed by atoms with Crippen molar-refractivity contribution in [2.24, 2.45) is 0 Å². The van der Waals surface area contributed by atoms with Crippen molar-refractivity contribution >= 4 is 5.91 Å². The van der Waals surface area contributed by atoms with Crippen LogP contribution in [0.2, 0.25) is 0 Å². The molecule has 1 heterocycles. The van der Waals surface area contributed by atoms with Crippen LogP contribution in [0.5, 0.6) is 17.2 Å². The SMILES string of the molecule is C[C@@H](Oc1ccc2c(c1)OCO2)C(=O)NC1CCCCCC1. The van der Waals surface area contributed by atoms with E-state index >= 15 is 0 Å². The molecule has 1 amide bonds. The number of hydrogen-bond donors (Lipinski definition) is 1. The first kappa shape index (κ1) is 15.0. The molecule has 0 radical (unpaired) electrons. The third-order valence-electron chi connectivity index (χ3n) is 4.23. The van der Waals surface area contributed by atoms with E-state index < -0.39 is 6.10 Å². The molecule has 1 fully saturated rings. The number of benzene rings is 1. The van der Waals surface area contributed by atoms with Gasteiger partial charge in [0.15, 0.2) is 17.6 Å². The molecular formula is C17H23NO4. The summed E-state index contributed by atoms with van der Waals surface area (Å²) in [5, 5.41) is 3.11. The number of carbonyl (C=O) groups excluding carboxylic acids is 1. The van der Waals surface area contributed by atoms with Crippen molar-refractivity contribution < 1.29 is 19.0 Å². The summed E-state index contributed by atoms with van der Waals surface area (Å²) in [7, 11) is 0. The molecule has 1 aliphatic heterocycles. The Balaban J connectivity index is 1.54. The van der Waals surface area contributed by atoms with Gasteiger partial charge in [0.2, 0.25) is 6.79 Å². The average molecular weight is 305 g/mol. The number of hydrogen-bond acceptors (Lipinski definition) is 4. The van der Waals surface area contributed by atoms with Gasteiger partial charge in [-0.2, -0.15) is 0 Å². The molecule has 5 heteroatoms. The molecule has 0 spiro atoms. The number of fused-ring (bicyclic) bond motifs is 1. The van der Waals surface area contributed by atoms with E-state index in [1.165, 1.54) is 25.7 Å². The molecule has 1 atom stereocenters. The minimum Gasteiger partial charge on any atom is -0.481 e. The number of ether oxygens (including phenoxy) is 3. The van der Waals surface area contributed by atoms with E-state index in [1.54, 1.807) is 25.1 Å². The smallest absolute Gasteiger partial charge is 0.260 e. The molecule has 120 valence electrons. The molecule has 1 N–H and O–H groups in total. The Labute approximate surface area is 130 Å². The zero-order chi connectivity index (χ0) is 15.4. The first-order valence-electron chi connectivity index (χ1n) is 8.09. The monoisotopic (exact) mass is 305 g/mol. The maximum absolute atomic E-state index is 12.3. The van der Waals surface area contributed by atoms with Crippen LogP contribution in [0.25, 0.3) is 0 Å². The number of nitrogens with one attached hydrogen (secondary N) is 1. The molecule has 1 aromatic carbocycles. The normalized spacial score (nSPS) is 19.3. The van der Waals surface area contributed by atoms with Crippen molar-refractivity contribution in [1.29, 1.82) is 0 Å². The predicted octanol–water partition coefficient (Wildman–Crippen LogP) is 3.02. The van der Waals surface area contributed by atoms with Gasteiger partial charge in [0.1, 0.15) is 5.75 Å². The molecule has 1 aromatic rings. The summed E-state index contributed by atoms with van der Waals surface area (Å²) >= 11 is 0. The Hall–Kier alpha value is -1.91. The summed E-state index contributed by atoms with van der Waals surface area (Å²) in [6, 6.07) is 5.65. The Kier molecular flexibility index (Phi) is 4.71. The Morgan fingerprint density at radius 1 is 1.18 bits per heavy atom. The second kappa shape index (κ2) is 6.90. The van der Waals surface area contributed by atoms with Crippen molar-refractivity contribution in [2.45, 2.75) is 57.6 Å². The molecule has 0 bridgehead atoms. The van der Waals surface area contributed by atoms with E-state index in [2.05, 4.69) is 5.32 Å². The fourth-order valence-electron chi connectivity index (χ4n) is 2.95. The Morgan fingerprint density at radius 3 is 2.68 bits per heavy atom. The van der Waals surface area contributed by atoms with E-state index in [0.717, 1.165) is 12.8 Å². The first-order chi connectivity index (χ1) is 10.7. The van der Waals surface area contributed by atoms with Gasteiger partial charge in [-0.1, -0.05) is 25.7 Å². The lowest BCUT2D eigenvalue weighted by Gasteiger charge is -2.20. The van der Waals surface area contributed by atoms with Crippen LogP contribution in [-0.2, 0) is 4.79 Å². The highest BCUT2D eigenvalue weighted by atomic mass is 16.7. The van der Waals surface area contributed by atoms with Crippen LogP contribution in [0.15, 0.2) is 18.2 Å². The van der Waals surface area contributed by atoms with Gasteiger partial charge in [-0.25, -0.2) is 0 Å². The minimum atomic E-state index is -0.524. The maximum Gasteiger partial charge on any atom is 0.260 e. The first-order valence-corrected chi connectivity index (χ1v) is 8.09. The fraction of sp³-hybridized carbons (Fsp3) is 0.588. The molecule has 3 rings (SSSR count). The Bertz CT molecular complexity index is 523. The number of amides is 1.